The number of hydrogen-bond acceptors (Lipinski definition) is 10. The highest BCUT2D eigenvalue weighted by atomic mass is 35.5. The third-order valence-electron chi connectivity index (χ3n) is 9.51. The summed E-state index contributed by atoms with van der Waals surface area (Å²) in [6.07, 6.45) is -0.972. The van der Waals surface area contributed by atoms with Crippen molar-refractivity contribution < 1.29 is 31.4 Å². The van der Waals surface area contributed by atoms with Crippen LogP contribution >= 0.6 is 11.6 Å². The Hall–Kier alpha value is -4.24. The fourth-order valence-electron chi connectivity index (χ4n) is 7.35. The van der Waals surface area contributed by atoms with Gasteiger partial charge in [0.1, 0.15) is 36.5 Å². The maximum Gasteiger partial charge on any atom is 0.418 e. The Balaban J connectivity index is 1.45. The first kappa shape index (κ1) is 32.3. The number of halogens is 6. The molecule has 1 aromatic carbocycles. The summed E-state index contributed by atoms with van der Waals surface area (Å²) < 4.78 is 87.0. The summed E-state index contributed by atoms with van der Waals surface area (Å²) in [7, 11) is 0. The number of ether oxygens (including phenoxy) is 2. The van der Waals surface area contributed by atoms with Crippen molar-refractivity contribution in [3.63, 3.8) is 0 Å². The highest BCUT2D eigenvalue weighted by molar-refractivity contribution is 6.36. The predicted octanol–water partition coefficient (Wildman–Crippen LogP) is 6.29. The SMILES string of the molecule is Cc1cc(N)nc(-c2c(Cl)c3c4c(nc(OC[C@@]56CCCN5C[C@H](F)C6)nc4c2F)N([C@@H](C)c2cncc(N)c2)CCO3)c1C(F)(F)F. The van der Waals surface area contributed by atoms with E-state index in [1.165, 1.54) is 13.1 Å². The van der Waals surface area contributed by atoms with E-state index >= 15 is 4.39 Å². The number of aryl methyl sites for hydroxylation is 1. The van der Waals surface area contributed by atoms with E-state index in [2.05, 4.69) is 15.0 Å². The first-order valence-corrected chi connectivity index (χ1v) is 15.8. The van der Waals surface area contributed by atoms with E-state index in [-0.39, 0.29) is 72.6 Å². The fourth-order valence-corrected chi connectivity index (χ4v) is 7.67. The molecule has 3 atom stereocenters. The molecule has 0 radical (unpaired) electrons. The zero-order valence-electron chi connectivity index (χ0n) is 26.0. The van der Waals surface area contributed by atoms with Crippen molar-refractivity contribution in [3.05, 3.63) is 52.1 Å². The lowest BCUT2D eigenvalue weighted by atomic mass is 9.95. The van der Waals surface area contributed by atoms with Crippen LogP contribution in [-0.4, -0.2) is 69.4 Å². The van der Waals surface area contributed by atoms with Crippen molar-refractivity contribution in [1.82, 2.24) is 24.8 Å². The third kappa shape index (κ3) is 5.36. The second-order valence-electron chi connectivity index (χ2n) is 12.6. The molecule has 2 saturated heterocycles. The standard InChI is InChI=1S/C32H32ClF5N8O2/c1-15-8-20(40)42-26(23(15)32(36,37)38)21-24(33)28-22-27(25(21)35)43-30(48-14-31-4-3-5-45(31)13-18(34)10-31)44-29(22)46(6-7-47-28)16(2)17-9-19(39)12-41-11-17/h8-9,11-12,16,18H,3-7,10,13-14,39H2,1-2H3,(H2,40,42)/t16-,18+,31-/m0/s1. The van der Waals surface area contributed by atoms with Gasteiger partial charge < -0.3 is 25.8 Å². The second kappa shape index (κ2) is 11.7. The average molecular weight is 691 g/mol. The van der Waals surface area contributed by atoms with E-state index in [0.717, 1.165) is 19.0 Å². The van der Waals surface area contributed by atoms with Gasteiger partial charge in [-0.2, -0.15) is 23.1 Å². The molecule has 0 amide bonds. The summed E-state index contributed by atoms with van der Waals surface area (Å²) >= 11 is 6.77. The first-order chi connectivity index (χ1) is 22.8. The predicted molar refractivity (Wildman–Crippen MR) is 170 cm³/mol. The number of alkyl halides is 4. The van der Waals surface area contributed by atoms with Crippen molar-refractivity contribution in [3.8, 4) is 23.0 Å². The van der Waals surface area contributed by atoms with Gasteiger partial charge in [-0.05, 0) is 56.5 Å². The molecule has 0 aliphatic carbocycles. The fraction of sp³-hybridized carbons (Fsp3) is 0.438. The van der Waals surface area contributed by atoms with Gasteiger partial charge in [-0.1, -0.05) is 11.6 Å². The van der Waals surface area contributed by atoms with E-state index in [0.29, 0.717) is 17.7 Å². The molecule has 3 aliphatic rings. The summed E-state index contributed by atoms with van der Waals surface area (Å²) in [6, 6.07) is 2.11. The first-order valence-electron chi connectivity index (χ1n) is 15.5. The molecule has 10 nitrogen and oxygen atoms in total. The maximum atomic E-state index is 17.0. The lowest BCUT2D eigenvalue weighted by molar-refractivity contribution is -0.137. The van der Waals surface area contributed by atoms with Gasteiger partial charge in [0, 0.05) is 25.4 Å². The van der Waals surface area contributed by atoms with Crippen molar-refractivity contribution in [1.29, 1.82) is 0 Å². The summed E-state index contributed by atoms with van der Waals surface area (Å²) in [5, 5.41) is -0.406. The van der Waals surface area contributed by atoms with E-state index in [4.69, 9.17) is 37.5 Å². The molecule has 0 saturated carbocycles. The normalized spacial score (nSPS) is 21.7. The lowest BCUT2D eigenvalue weighted by Crippen LogP contribution is -2.43. The monoisotopic (exact) mass is 690 g/mol. The van der Waals surface area contributed by atoms with Gasteiger partial charge >= 0.3 is 12.2 Å². The van der Waals surface area contributed by atoms with Crippen LogP contribution in [0.15, 0.2) is 24.5 Å². The highest BCUT2D eigenvalue weighted by Crippen LogP contribution is 2.51. The van der Waals surface area contributed by atoms with Gasteiger partial charge in [-0.15, -0.1) is 0 Å². The molecule has 3 aliphatic heterocycles. The van der Waals surface area contributed by atoms with Crippen molar-refractivity contribution in [2.75, 3.05) is 49.2 Å². The Labute approximate surface area is 277 Å². The van der Waals surface area contributed by atoms with Crippen LogP contribution in [0.25, 0.3) is 22.2 Å². The Morgan fingerprint density at radius 2 is 1.96 bits per heavy atom. The molecule has 48 heavy (non-hydrogen) atoms. The Kier molecular flexibility index (Phi) is 7.89. The average Bonchev–Trinajstić information content (AvgIpc) is 3.46. The molecule has 4 aromatic rings. The molecule has 6 heterocycles. The topological polar surface area (TPSA) is 129 Å². The van der Waals surface area contributed by atoms with Crippen LogP contribution in [0.1, 0.15) is 48.9 Å². The molecule has 2 fully saturated rings. The number of anilines is 3. The molecule has 16 heteroatoms. The molecule has 0 bridgehead atoms. The zero-order chi connectivity index (χ0) is 34.1. The maximum absolute atomic E-state index is 17.0. The molecular weight excluding hydrogens is 659 g/mol. The summed E-state index contributed by atoms with van der Waals surface area (Å²) in [6.45, 7) is 4.32. The number of hydrogen-bond donors (Lipinski definition) is 2. The minimum atomic E-state index is -4.93. The van der Waals surface area contributed by atoms with E-state index in [1.807, 2.05) is 16.7 Å². The molecule has 254 valence electrons. The Bertz CT molecular complexity index is 1930. The van der Waals surface area contributed by atoms with Crippen molar-refractivity contribution in [2.24, 2.45) is 0 Å². The highest BCUT2D eigenvalue weighted by Gasteiger charge is 2.49. The molecule has 4 N–H and O–H groups in total. The number of nitrogens with zero attached hydrogens (tertiary/aromatic N) is 6. The van der Waals surface area contributed by atoms with Crippen LogP contribution < -0.4 is 25.8 Å². The molecule has 0 spiro atoms. The van der Waals surface area contributed by atoms with Crippen LogP contribution in [0.3, 0.4) is 0 Å². The number of rotatable bonds is 6. The molecular formula is C32H32ClF5N8O2. The number of aromatic nitrogens is 4. The third-order valence-corrected chi connectivity index (χ3v) is 9.87. The molecule has 7 rings (SSSR count). The number of benzene rings is 1. The van der Waals surface area contributed by atoms with Crippen molar-refractivity contribution in [2.45, 2.75) is 57.0 Å². The van der Waals surface area contributed by atoms with Gasteiger partial charge in [0.15, 0.2) is 11.6 Å². The van der Waals surface area contributed by atoms with Gasteiger partial charge in [0.25, 0.3) is 0 Å². The van der Waals surface area contributed by atoms with Crippen LogP contribution in [0, 0.1) is 12.7 Å². The smallest absolute Gasteiger partial charge is 0.418 e. The lowest BCUT2D eigenvalue weighted by Gasteiger charge is -2.32. The van der Waals surface area contributed by atoms with Crippen molar-refractivity contribution >= 4 is 39.8 Å². The number of pyridine rings is 2. The Morgan fingerprint density at radius 1 is 1.17 bits per heavy atom. The van der Waals surface area contributed by atoms with Crippen LogP contribution in [0.5, 0.6) is 11.8 Å². The largest absolute Gasteiger partial charge is 0.489 e. The molecule has 3 aromatic heterocycles. The quantitative estimate of drug-likeness (QED) is 0.223. The number of nitrogen functional groups attached to an aromatic ring is 2. The van der Waals surface area contributed by atoms with Gasteiger partial charge in [0.2, 0.25) is 0 Å². The second-order valence-corrected chi connectivity index (χ2v) is 13.0. The zero-order valence-corrected chi connectivity index (χ0v) is 26.8. The van der Waals surface area contributed by atoms with Crippen LogP contribution in [-0.2, 0) is 6.18 Å². The number of nitrogens with two attached hydrogens (primary N) is 2. The van der Waals surface area contributed by atoms with Crippen LogP contribution in [0.4, 0.5) is 39.3 Å². The van der Waals surface area contributed by atoms with Crippen LogP contribution in [0.2, 0.25) is 5.02 Å². The number of fused-ring (bicyclic) bond motifs is 1. The van der Waals surface area contributed by atoms with Gasteiger partial charge in [-0.25, -0.2) is 13.8 Å². The van der Waals surface area contributed by atoms with E-state index in [9.17, 15) is 17.6 Å². The van der Waals surface area contributed by atoms with Gasteiger partial charge in [-0.3, -0.25) is 9.88 Å². The summed E-state index contributed by atoms with van der Waals surface area (Å²) in [5.74, 6) is -1.39. The van der Waals surface area contributed by atoms with E-state index < -0.39 is 51.6 Å². The van der Waals surface area contributed by atoms with Gasteiger partial charge in [0.05, 0.1) is 51.0 Å². The Morgan fingerprint density at radius 3 is 2.71 bits per heavy atom. The minimum Gasteiger partial charge on any atom is -0.489 e. The summed E-state index contributed by atoms with van der Waals surface area (Å²) in [5.41, 5.74) is 9.13. The van der Waals surface area contributed by atoms with E-state index in [1.54, 1.807) is 12.3 Å². The molecule has 0 unspecified atom stereocenters. The summed E-state index contributed by atoms with van der Waals surface area (Å²) in [4.78, 5) is 21.1. The minimum absolute atomic E-state index is 0.00198.